The maximum absolute atomic E-state index is 11.2. The van der Waals surface area contributed by atoms with Crippen molar-refractivity contribution < 1.29 is 37.0 Å². The van der Waals surface area contributed by atoms with Crippen LogP contribution in [-0.2, 0) is 22.3 Å². The summed E-state index contributed by atoms with van der Waals surface area (Å²) in [5.74, 6) is 0. The van der Waals surface area contributed by atoms with Crippen LogP contribution in [0, 0.1) is 0 Å². The quantitative estimate of drug-likeness (QED) is 0.519. The third-order valence-electron chi connectivity index (χ3n) is 1.13. The van der Waals surface area contributed by atoms with E-state index in [4.69, 9.17) is 14.7 Å². The van der Waals surface area contributed by atoms with Crippen LogP contribution in [0.2, 0.25) is 0 Å². The van der Waals surface area contributed by atoms with Crippen LogP contribution in [0.5, 0.6) is 0 Å². The van der Waals surface area contributed by atoms with E-state index in [1.54, 1.807) is 0 Å². The van der Waals surface area contributed by atoms with E-state index in [-0.39, 0.29) is 0 Å². The van der Waals surface area contributed by atoms with Crippen LogP contribution < -0.4 is 0 Å². The predicted octanol–water partition coefficient (Wildman–Crippen LogP) is 1.50. The van der Waals surface area contributed by atoms with Crippen molar-refractivity contribution in [2.45, 2.75) is 11.9 Å². The van der Waals surface area contributed by atoms with E-state index >= 15 is 0 Å². The topological polar surface area (TPSA) is 130 Å². The minimum atomic E-state index is -5.13. The van der Waals surface area contributed by atoms with Crippen molar-refractivity contribution in [3.63, 3.8) is 0 Å². The third-order valence-corrected chi connectivity index (χ3v) is 9.47. The molecule has 0 aromatic carbocycles. The molecule has 12 heteroatoms. The maximum atomic E-state index is 11.2. The van der Waals surface area contributed by atoms with E-state index in [1.165, 1.54) is 6.92 Å². The molecule has 1 saturated heterocycles. The summed E-state index contributed by atoms with van der Waals surface area (Å²) in [7, 11) is -10.1. The Morgan fingerprint density at radius 2 is 1.79 bits per heavy atom. The highest BCUT2D eigenvalue weighted by Crippen LogP contribution is 2.89. The Morgan fingerprint density at radius 3 is 2.07 bits per heavy atom. The first kappa shape index (κ1) is 12.9. The van der Waals surface area contributed by atoms with Gasteiger partial charge in [0.1, 0.15) is 0 Å². The highest BCUT2D eigenvalue weighted by atomic mass is 32.8. The first-order valence-corrected chi connectivity index (χ1v) is 9.34. The standard InChI is InChI=1S/C2H7O8P3S/c1-2-11(3,14-2)9-13(7,8)10-12(4,5)6/h2H,1H3,(H,7,8)(H2,4,5,6)/t2-,11?/m1/s1. The highest BCUT2D eigenvalue weighted by Gasteiger charge is 2.55. The van der Waals surface area contributed by atoms with Crippen LogP contribution in [0.4, 0.5) is 0 Å². The Balaban J connectivity index is 2.65. The van der Waals surface area contributed by atoms with E-state index in [2.05, 4.69) is 8.62 Å². The molecule has 8 nitrogen and oxygen atoms in total. The predicted molar refractivity (Wildman–Crippen MR) is 48.7 cm³/mol. The van der Waals surface area contributed by atoms with Gasteiger partial charge in [-0.15, -0.1) is 0 Å². The molecule has 0 saturated carbocycles. The molecule has 1 fully saturated rings. The summed E-state index contributed by atoms with van der Waals surface area (Å²) >= 11 is 0.815. The molecule has 0 aromatic rings. The van der Waals surface area contributed by atoms with Gasteiger partial charge in [0.05, 0.1) is 4.99 Å². The molecule has 0 amide bonds. The van der Waals surface area contributed by atoms with Gasteiger partial charge in [-0.05, 0) is 6.92 Å². The Hall–Kier alpha value is 0.840. The molecule has 0 aliphatic carbocycles. The number of hydrogen-bond acceptors (Lipinski definition) is 6. The number of rotatable bonds is 4. The number of phosphoric acid groups is 2. The second-order valence-electron chi connectivity index (χ2n) is 2.37. The molecule has 1 aliphatic heterocycles. The molecule has 0 radical (unpaired) electrons. The second-order valence-corrected chi connectivity index (χ2v) is 10.9. The summed E-state index contributed by atoms with van der Waals surface area (Å²) in [5, 5.41) is 0. The van der Waals surface area contributed by atoms with Crippen LogP contribution >= 0.6 is 33.6 Å². The van der Waals surface area contributed by atoms with Crippen molar-refractivity contribution in [3.05, 3.63) is 0 Å². The summed E-state index contributed by atoms with van der Waals surface area (Å²) in [6, 6.07) is 0. The minimum Gasteiger partial charge on any atom is -0.302 e. The van der Waals surface area contributed by atoms with Gasteiger partial charge in [0.2, 0.25) is 0 Å². The van der Waals surface area contributed by atoms with Gasteiger partial charge < -0.3 is 14.7 Å². The summed E-state index contributed by atoms with van der Waals surface area (Å²) < 4.78 is 39.9. The fourth-order valence-electron chi connectivity index (χ4n) is 0.564. The maximum Gasteiger partial charge on any atom is 0.487 e. The minimum absolute atomic E-state index is 0.455. The fourth-order valence-corrected chi connectivity index (χ4v) is 7.49. The Morgan fingerprint density at radius 1 is 1.36 bits per heavy atom. The Bertz CT molecular complexity index is 371. The van der Waals surface area contributed by atoms with E-state index < -0.39 is 27.2 Å². The van der Waals surface area contributed by atoms with Gasteiger partial charge >= 0.3 is 15.6 Å². The van der Waals surface area contributed by atoms with Crippen molar-refractivity contribution in [2.75, 3.05) is 0 Å². The van der Waals surface area contributed by atoms with E-state index in [0.29, 0.717) is 0 Å². The lowest BCUT2D eigenvalue weighted by atomic mass is 11.0. The normalized spacial score (nSPS) is 36.4. The van der Waals surface area contributed by atoms with Gasteiger partial charge in [-0.2, -0.15) is 4.31 Å². The summed E-state index contributed by atoms with van der Waals surface area (Å²) in [4.78, 5) is 24.8. The lowest BCUT2D eigenvalue weighted by molar-refractivity contribution is 0.232. The molecule has 1 heterocycles. The van der Waals surface area contributed by atoms with Crippen LogP contribution in [0.1, 0.15) is 6.92 Å². The Kier molecular flexibility index (Phi) is 3.41. The monoisotopic (exact) mass is 284 g/mol. The molecule has 3 atom stereocenters. The molecule has 3 N–H and O–H groups in total. The summed E-state index contributed by atoms with van der Waals surface area (Å²) in [6.45, 7) is -1.79. The van der Waals surface area contributed by atoms with Gasteiger partial charge in [0.15, 0.2) is 0 Å². The zero-order valence-electron chi connectivity index (χ0n) is 6.71. The fraction of sp³-hybridized carbons (Fsp3) is 1.00. The molecule has 1 rings (SSSR count). The molecule has 0 bridgehead atoms. The van der Waals surface area contributed by atoms with Gasteiger partial charge in [-0.1, -0.05) is 11.4 Å². The molecular weight excluding hydrogens is 277 g/mol. The van der Waals surface area contributed by atoms with Gasteiger partial charge in [-0.3, -0.25) is 4.57 Å². The molecule has 2 unspecified atom stereocenters. The molecule has 0 aromatic heterocycles. The summed E-state index contributed by atoms with van der Waals surface area (Å²) in [6.07, 6.45) is 0. The van der Waals surface area contributed by atoms with E-state index in [1.807, 2.05) is 0 Å². The molecule has 84 valence electrons. The van der Waals surface area contributed by atoms with E-state index in [0.717, 1.165) is 11.4 Å². The first-order chi connectivity index (χ1) is 6.04. The van der Waals surface area contributed by atoms with Gasteiger partial charge in [-0.25, -0.2) is 13.4 Å². The first-order valence-electron chi connectivity index (χ1n) is 3.13. The average molecular weight is 284 g/mol. The largest absolute Gasteiger partial charge is 0.487 e. The lowest BCUT2D eigenvalue weighted by Crippen LogP contribution is -1.88. The SMILES string of the molecule is C[C@H]1SP1(=O)OP(=O)(O)OP(=O)(O)O. The average Bonchev–Trinajstić information content (AvgIpc) is 2.28. The summed E-state index contributed by atoms with van der Waals surface area (Å²) in [5.41, 5.74) is 0. The lowest BCUT2D eigenvalue weighted by Gasteiger charge is -2.10. The zero-order chi connectivity index (χ0) is 11.2. The molecule has 1 aliphatic rings. The van der Waals surface area contributed by atoms with Gasteiger partial charge in [0.25, 0.3) is 6.57 Å². The molecule has 0 spiro atoms. The smallest absolute Gasteiger partial charge is 0.302 e. The van der Waals surface area contributed by atoms with Crippen molar-refractivity contribution in [2.24, 2.45) is 0 Å². The van der Waals surface area contributed by atoms with Crippen LogP contribution in [0.15, 0.2) is 0 Å². The van der Waals surface area contributed by atoms with Crippen LogP contribution in [0.3, 0.4) is 0 Å². The third kappa shape index (κ3) is 3.77. The number of hydrogen-bond donors (Lipinski definition) is 3. The van der Waals surface area contributed by atoms with Crippen LogP contribution in [-0.4, -0.2) is 19.7 Å². The van der Waals surface area contributed by atoms with Crippen molar-refractivity contribution >= 4 is 33.6 Å². The van der Waals surface area contributed by atoms with Crippen molar-refractivity contribution in [3.8, 4) is 0 Å². The van der Waals surface area contributed by atoms with E-state index in [9.17, 15) is 13.7 Å². The Labute approximate surface area is 83.1 Å². The highest BCUT2D eigenvalue weighted by molar-refractivity contribution is 8.72. The van der Waals surface area contributed by atoms with Gasteiger partial charge in [0, 0.05) is 0 Å². The second kappa shape index (κ2) is 3.70. The van der Waals surface area contributed by atoms with Crippen molar-refractivity contribution in [1.29, 1.82) is 0 Å². The molecule has 14 heavy (non-hydrogen) atoms. The zero-order valence-corrected chi connectivity index (χ0v) is 10.2. The molecular formula is C2H7O8P3S. The van der Waals surface area contributed by atoms with Crippen molar-refractivity contribution in [1.82, 2.24) is 0 Å². The van der Waals surface area contributed by atoms with Crippen LogP contribution in [0.25, 0.3) is 0 Å².